The Morgan fingerprint density at radius 2 is 1.97 bits per heavy atom. The lowest BCUT2D eigenvalue weighted by Crippen LogP contribution is -2.14. The van der Waals surface area contributed by atoms with Crippen molar-refractivity contribution in [2.45, 2.75) is 26.3 Å². The van der Waals surface area contributed by atoms with E-state index in [0.717, 1.165) is 28.6 Å². The molecule has 3 aromatic heterocycles. The van der Waals surface area contributed by atoms with Crippen LogP contribution >= 0.6 is 0 Å². The van der Waals surface area contributed by atoms with Gasteiger partial charge in [-0.25, -0.2) is 18.7 Å². The lowest BCUT2D eigenvalue weighted by molar-refractivity contribution is 0.562. The molecule has 3 heterocycles. The number of aromatic nitrogens is 3. The normalized spacial score (nSPS) is 12.1. The number of pyridine rings is 2. The number of rotatable bonds is 10. The maximum Gasteiger partial charge on any atom is 0.154 e. The van der Waals surface area contributed by atoms with Crippen molar-refractivity contribution >= 4 is 33.3 Å². The average Bonchev–Trinajstić information content (AvgIpc) is 3.22. The SMILES string of the molecule is CCCS(=O)CNc1ccc(F)c(CNc2ccc(Cc3c[nH]c4ncccc34)cn2)c1F. The van der Waals surface area contributed by atoms with E-state index < -0.39 is 22.4 Å². The fourth-order valence-electron chi connectivity index (χ4n) is 3.55. The molecule has 0 amide bonds. The van der Waals surface area contributed by atoms with Gasteiger partial charge in [0.1, 0.15) is 17.3 Å². The van der Waals surface area contributed by atoms with E-state index in [-0.39, 0.29) is 23.7 Å². The van der Waals surface area contributed by atoms with E-state index in [9.17, 15) is 13.0 Å². The van der Waals surface area contributed by atoms with Gasteiger partial charge >= 0.3 is 0 Å². The van der Waals surface area contributed by atoms with Crippen molar-refractivity contribution in [3.05, 3.63) is 83.3 Å². The first-order chi connectivity index (χ1) is 16.0. The summed E-state index contributed by atoms with van der Waals surface area (Å²) in [5, 5.41) is 6.86. The Hall–Kier alpha value is -3.33. The first kappa shape index (κ1) is 22.8. The number of nitrogens with zero attached hydrogens (tertiary/aromatic N) is 2. The number of nitrogens with one attached hydrogen (secondary N) is 3. The predicted molar refractivity (Wildman–Crippen MR) is 129 cm³/mol. The Balaban J connectivity index is 1.40. The van der Waals surface area contributed by atoms with Gasteiger partial charge in [0.25, 0.3) is 0 Å². The van der Waals surface area contributed by atoms with Crippen molar-refractivity contribution in [1.82, 2.24) is 15.0 Å². The smallest absolute Gasteiger partial charge is 0.154 e. The van der Waals surface area contributed by atoms with Gasteiger partial charge in [0.15, 0.2) is 5.82 Å². The molecule has 0 spiro atoms. The standard InChI is InChI=1S/C24H25F2N5OS/c1-2-10-33(32)15-31-21-7-6-20(25)19(23(21)26)14-29-22-8-5-16(12-28-22)11-17-13-30-24-18(17)4-3-9-27-24/h3-9,12-13,31H,2,10-11,14-15H2,1H3,(H,27,30)(H,28,29). The maximum absolute atomic E-state index is 14.8. The maximum atomic E-state index is 14.8. The van der Waals surface area contributed by atoms with Gasteiger partial charge in [0.05, 0.1) is 11.6 Å². The number of aromatic amines is 1. The van der Waals surface area contributed by atoms with E-state index in [1.165, 1.54) is 12.1 Å². The molecule has 0 aliphatic carbocycles. The molecule has 4 aromatic rings. The van der Waals surface area contributed by atoms with Gasteiger partial charge in [-0.1, -0.05) is 13.0 Å². The van der Waals surface area contributed by atoms with Crippen LogP contribution < -0.4 is 10.6 Å². The van der Waals surface area contributed by atoms with Gasteiger partial charge in [0, 0.05) is 59.1 Å². The molecular weight excluding hydrogens is 444 g/mol. The summed E-state index contributed by atoms with van der Waals surface area (Å²) in [6.45, 7) is 1.87. The van der Waals surface area contributed by atoms with Crippen molar-refractivity contribution in [2.75, 3.05) is 22.3 Å². The molecule has 33 heavy (non-hydrogen) atoms. The zero-order valence-corrected chi connectivity index (χ0v) is 19.0. The quantitative estimate of drug-likeness (QED) is 0.306. The molecule has 172 valence electrons. The number of halogens is 2. The predicted octanol–water partition coefficient (Wildman–Crippen LogP) is 4.97. The molecule has 4 rings (SSSR count). The van der Waals surface area contributed by atoms with Crippen LogP contribution in [0, 0.1) is 11.6 Å². The van der Waals surface area contributed by atoms with Crippen molar-refractivity contribution in [1.29, 1.82) is 0 Å². The van der Waals surface area contributed by atoms with E-state index in [0.29, 0.717) is 18.0 Å². The number of hydrogen-bond donors (Lipinski definition) is 3. The first-order valence-corrected chi connectivity index (χ1v) is 12.2. The van der Waals surface area contributed by atoms with Crippen LogP contribution in [0.15, 0.2) is 55.0 Å². The van der Waals surface area contributed by atoms with Gasteiger partial charge in [0.2, 0.25) is 0 Å². The van der Waals surface area contributed by atoms with Crippen LogP contribution in [0.3, 0.4) is 0 Å². The molecule has 3 N–H and O–H groups in total. The molecule has 0 radical (unpaired) electrons. The minimum Gasteiger partial charge on any atom is -0.371 e. The summed E-state index contributed by atoms with van der Waals surface area (Å²) < 4.78 is 40.9. The third-order valence-electron chi connectivity index (χ3n) is 5.24. The molecule has 0 aliphatic rings. The minimum atomic E-state index is -1.10. The Labute approximate surface area is 193 Å². The summed E-state index contributed by atoms with van der Waals surface area (Å²) in [7, 11) is -1.10. The number of H-pyrrole nitrogens is 1. The first-order valence-electron chi connectivity index (χ1n) is 10.7. The molecule has 9 heteroatoms. The third-order valence-corrected chi connectivity index (χ3v) is 6.57. The number of anilines is 2. The summed E-state index contributed by atoms with van der Waals surface area (Å²) in [5.74, 6) is -0.173. The Morgan fingerprint density at radius 3 is 2.76 bits per heavy atom. The highest BCUT2D eigenvalue weighted by Crippen LogP contribution is 2.23. The lowest BCUT2D eigenvalue weighted by atomic mass is 10.1. The van der Waals surface area contributed by atoms with Gasteiger partial charge in [-0.05, 0) is 47.9 Å². The number of hydrogen-bond acceptors (Lipinski definition) is 5. The fraction of sp³-hybridized carbons (Fsp3) is 0.250. The van der Waals surface area contributed by atoms with Crippen LogP contribution in [0.4, 0.5) is 20.3 Å². The second-order valence-electron chi connectivity index (χ2n) is 7.65. The molecule has 1 aromatic carbocycles. The van der Waals surface area contributed by atoms with Crippen LogP contribution in [0.2, 0.25) is 0 Å². The van der Waals surface area contributed by atoms with Crippen molar-refractivity contribution in [3.63, 3.8) is 0 Å². The van der Waals surface area contributed by atoms with Crippen LogP contribution in [-0.2, 0) is 23.8 Å². The second-order valence-corrected chi connectivity index (χ2v) is 9.22. The van der Waals surface area contributed by atoms with E-state index >= 15 is 0 Å². The van der Waals surface area contributed by atoms with Crippen molar-refractivity contribution in [3.8, 4) is 0 Å². The molecule has 0 bridgehead atoms. The fourth-order valence-corrected chi connectivity index (χ4v) is 4.46. The largest absolute Gasteiger partial charge is 0.371 e. The zero-order chi connectivity index (χ0) is 23.2. The molecule has 0 saturated heterocycles. The molecule has 0 saturated carbocycles. The topological polar surface area (TPSA) is 82.7 Å². The van der Waals surface area contributed by atoms with E-state index in [4.69, 9.17) is 0 Å². The number of fused-ring (bicyclic) bond motifs is 1. The average molecular weight is 470 g/mol. The summed E-state index contributed by atoms with van der Waals surface area (Å²) >= 11 is 0. The molecule has 6 nitrogen and oxygen atoms in total. The Kier molecular flexibility index (Phi) is 7.29. The minimum absolute atomic E-state index is 0.0638. The molecular formula is C24H25F2N5OS. The second kappa shape index (κ2) is 10.5. The van der Waals surface area contributed by atoms with E-state index in [2.05, 4.69) is 25.6 Å². The highest BCUT2D eigenvalue weighted by Gasteiger charge is 2.14. The van der Waals surface area contributed by atoms with Gasteiger partial charge in [-0.15, -0.1) is 0 Å². The molecule has 0 fully saturated rings. The highest BCUT2D eigenvalue weighted by atomic mass is 32.2. The van der Waals surface area contributed by atoms with E-state index in [1.807, 2.05) is 31.3 Å². The Bertz CT molecular complexity index is 1260. The molecule has 1 unspecified atom stereocenters. The van der Waals surface area contributed by atoms with Crippen molar-refractivity contribution < 1.29 is 13.0 Å². The molecule has 0 aliphatic heterocycles. The third kappa shape index (κ3) is 5.54. The number of benzene rings is 1. The summed E-state index contributed by atoms with van der Waals surface area (Å²) in [6, 6.07) is 10.2. The van der Waals surface area contributed by atoms with Gasteiger partial charge in [-0.3, -0.25) is 4.21 Å². The Morgan fingerprint density at radius 1 is 1.09 bits per heavy atom. The van der Waals surface area contributed by atoms with Gasteiger partial charge < -0.3 is 15.6 Å². The summed E-state index contributed by atoms with van der Waals surface area (Å²) in [4.78, 5) is 11.8. The summed E-state index contributed by atoms with van der Waals surface area (Å²) in [5.41, 5.74) is 3.01. The highest BCUT2D eigenvalue weighted by molar-refractivity contribution is 7.85. The molecule has 1 atom stereocenters. The van der Waals surface area contributed by atoms with Crippen LogP contribution in [-0.4, -0.2) is 30.8 Å². The van der Waals surface area contributed by atoms with Crippen LogP contribution in [0.5, 0.6) is 0 Å². The van der Waals surface area contributed by atoms with E-state index in [1.54, 1.807) is 18.5 Å². The van der Waals surface area contributed by atoms with Crippen LogP contribution in [0.25, 0.3) is 11.0 Å². The monoisotopic (exact) mass is 469 g/mol. The summed E-state index contributed by atoms with van der Waals surface area (Å²) in [6.07, 6.45) is 6.89. The lowest BCUT2D eigenvalue weighted by Gasteiger charge is -2.13. The van der Waals surface area contributed by atoms with Crippen molar-refractivity contribution in [2.24, 2.45) is 0 Å². The van der Waals surface area contributed by atoms with Crippen LogP contribution in [0.1, 0.15) is 30.0 Å². The van der Waals surface area contributed by atoms with Gasteiger partial charge in [-0.2, -0.15) is 0 Å². The zero-order valence-electron chi connectivity index (χ0n) is 18.2.